The Morgan fingerprint density at radius 3 is 2.68 bits per heavy atom. The molecule has 0 spiro atoms. The summed E-state index contributed by atoms with van der Waals surface area (Å²) in [5.74, 6) is 2.29. The SMILES string of the molecule is Cc1cccc(-c2cccc(CNC(=O)CC3CSCCN3)c2)c1.Cl. The Balaban J connectivity index is 0.00000225. The monoisotopic (exact) mass is 376 g/mol. The molecule has 1 amide bonds. The van der Waals surface area contributed by atoms with Gasteiger partial charge in [0.05, 0.1) is 0 Å². The second-order valence-corrected chi connectivity index (χ2v) is 7.43. The number of rotatable bonds is 5. The zero-order valence-electron chi connectivity index (χ0n) is 14.5. The van der Waals surface area contributed by atoms with E-state index in [2.05, 4.69) is 66.1 Å². The number of nitrogens with one attached hydrogen (secondary N) is 2. The molecule has 0 aromatic heterocycles. The van der Waals surface area contributed by atoms with Crippen LogP contribution in [0.3, 0.4) is 0 Å². The maximum absolute atomic E-state index is 12.1. The van der Waals surface area contributed by atoms with Crippen molar-refractivity contribution in [3.05, 3.63) is 59.7 Å². The Morgan fingerprint density at radius 2 is 1.96 bits per heavy atom. The van der Waals surface area contributed by atoms with Crippen LogP contribution in [0, 0.1) is 6.92 Å². The van der Waals surface area contributed by atoms with Crippen LogP contribution in [0.1, 0.15) is 17.5 Å². The number of benzene rings is 2. The Bertz CT molecular complexity index is 702. The van der Waals surface area contributed by atoms with Gasteiger partial charge in [-0.05, 0) is 29.7 Å². The standard InChI is InChI=1S/C20H24N2OS.ClH/c1-15-4-2-6-17(10-15)18-7-3-5-16(11-18)13-22-20(23)12-19-14-24-9-8-21-19;/h2-7,10-11,19,21H,8-9,12-14H2,1H3,(H,22,23);1H. The summed E-state index contributed by atoms with van der Waals surface area (Å²) in [7, 11) is 0. The minimum atomic E-state index is 0. The van der Waals surface area contributed by atoms with E-state index in [9.17, 15) is 4.79 Å². The molecule has 1 aliphatic heterocycles. The van der Waals surface area contributed by atoms with Crippen molar-refractivity contribution in [3.63, 3.8) is 0 Å². The van der Waals surface area contributed by atoms with Gasteiger partial charge in [-0.3, -0.25) is 4.79 Å². The van der Waals surface area contributed by atoms with Gasteiger partial charge in [-0.25, -0.2) is 0 Å². The number of aryl methyl sites for hydroxylation is 1. The van der Waals surface area contributed by atoms with Gasteiger partial charge in [0.25, 0.3) is 0 Å². The molecule has 2 N–H and O–H groups in total. The van der Waals surface area contributed by atoms with Crippen molar-refractivity contribution in [2.45, 2.75) is 25.9 Å². The first-order valence-electron chi connectivity index (χ1n) is 8.44. The largest absolute Gasteiger partial charge is 0.352 e. The number of hydrogen-bond acceptors (Lipinski definition) is 3. The second-order valence-electron chi connectivity index (χ2n) is 6.28. The van der Waals surface area contributed by atoms with Gasteiger partial charge >= 0.3 is 0 Å². The van der Waals surface area contributed by atoms with Crippen molar-refractivity contribution < 1.29 is 4.79 Å². The molecule has 1 heterocycles. The van der Waals surface area contributed by atoms with Crippen molar-refractivity contribution in [1.29, 1.82) is 0 Å². The van der Waals surface area contributed by atoms with Crippen molar-refractivity contribution >= 4 is 30.1 Å². The first-order valence-corrected chi connectivity index (χ1v) is 9.60. The Labute approximate surface area is 160 Å². The molecule has 1 atom stereocenters. The van der Waals surface area contributed by atoms with E-state index in [1.807, 2.05) is 11.8 Å². The summed E-state index contributed by atoms with van der Waals surface area (Å²) >= 11 is 1.92. The summed E-state index contributed by atoms with van der Waals surface area (Å²) in [5.41, 5.74) is 4.79. The molecule has 3 nitrogen and oxygen atoms in total. The maximum atomic E-state index is 12.1. The highest BCUT2D eigenvalue weighted by Crippen LogP contribution is 2.21. The molecular weight excluding hydrogens is 352 g/mol. The highest BCUT2D eigenvalue weighted by molar-refractivity contribution is 7.99. The fourth-order valence-electron chi connectivity index (χ4n) is 2.93. The quantitative estimate of drug-likeness (QED) is 0.834. The van der Waals surface area contributed by atoms with E-state index in [1.165, 1.54) is 16.7 Å². The van der Waals surface area contributed by atoms with Gasteiger partial charge in [0.15, 0.2) is 0 Å². The molecule has 25 heavy (non-hydrogen) atoms. The van der Waals surface area contributed by atoms with Crippen molar-refractivity contribution in [2.24, 2.45) is 0 Å². The molecule has 134 valence electrons. The molecule has 0 bridgehead atoms. The van der Waals surface area contributed by atoms with Crippen LogP contribution in [0.15, 0.2) is 48.5 Å². The van der Waals surface area contributed by atoms with Crippen LogP contribution >= 0.6 is 24.2 Å². The van der Waals surface area contributed by atoms with Crippen LogP contribution in [0.25, 0.3) is 11.1 Å². The molecular formula is C20H25ClN2OS. The van der Waals surface area contributed by atoms with E-state index in [1.54, 1.807) is 0 Å². The number of hydrogen-bond donors (Lipinski definition) is 2. The van der Waals surface area contributed by atoms with Crippen LogP contribution in [0.5, 0.6) is 0 Å². The number of amides is 1. The van der Waals surface area contributed by atoms with Crippen molar-refractivity contribution in [1.82, 2.24) is 10.6 Å². The van der Waals surface area contributed by atoms with E-state index in [-0.39, 0.29) is 18.3 Å². The van der Waals surface area contributed by atoms with Gasteiger partial charge in [-0.15, -0.1) is 12.4 Å². The zero-order chi connectivity index (χ0) is 16.8. The Hall–Kier alpha value is -1.49. The van der Waals surface area contributed by atoms with E-state index >= 15 is 0 Å². The van der Waals surface area contributed by atoms with E-state index < -0.39 is 0 Å². The predicted octanol–water partition coefficient (Wildman–Crippen LogP) is 3.80. The zero-order valence-corrected chi connectivity index (χ0v) is 16.1. The fourth-order valence-corrected chi connectivity index (χ4v) is 3.88. The van der Waals surface area contributed by atoms with E-state index in [4.69, 9.17) is 0 Å². The van der Waals surface area contributed by atoms with Crippen molar-refractivity contribution in [2.75, 3.05) is 18.1 Å². The molecule has 1 aliphatic rings. The van der Waals surface area contributed by atoms with Crippen LogP contribution < -0.4 is 10.6 Å². The van der Waals surface area contributed by atoms with E-state index in [0.29, 0.717) is 19.0 Å². The van der Waals surface area contributed by atoms with Crippen LogP contribution in [-0.2, 0) is 11.3 Å². The summed E-state index contributed by atoms with van der Waals surface area (Å²) < 4.78 is 0. The maximum Gasteiger partial charge on any atom is 0.221 e. The molecule has 0 radical (unpaired) electrons. The molecule has 2 aromatic carbocycles. The minimum absolute atomic E-state index is 0. The lowest BCUT2D eigenvalue weighted by molar-refractivity contribution is -0.121. The Kier molecular flexibility index (Phi) is 7.82. The van der Waals surface area contributed by atoms with E-state index in [0.717, 1.165) is 23.6 Å². The summed E-state index contributed by atoms with van der Waals surface area (Å²) in [5, 5.41) is 6.45. The molecule has 5 heteroatoms. The molecule has 3 rings (SSSR count). The molecule has 0 aliphatic carbocycles. The molecule has 1 saturated heterocycles. The average Bonchev–Trinajstić information content (AvgIpc) is 2.61. The summed E-state index contributed by atoms with van der Waals surface area (Å²) in [6.07, 6.45) is 0.560. The fraction of sp³-hybridized carbons (Fsp3) is 0.350. The first kappa shape index (κ1) is 19.8. The third-order valence-corrected chi connectivity index (χ3v) is 5.33. The van der Waals surface area contributed by atoms with Gasteiger partial charge < -0.3 is 10.6 Å². The average molecular weight is 377 g/mol. The number of thioether (sulfide) groups is 1. The normalized spacial score (nSPS) is 16.8. The number of halogens is 1. The van der Waals surface area contributed by atoms with Crippen LogP contribution in [0.4, 0.5) is 0 Å². The third kappa shape index (κ3) is 6.07. The topological polar surface area (TPSA) is 41.1 Å². The van der Waals surface area contributed by atoms with Gasteiger partial charge in [-0.1, -0.05) is 48.0 Å². The highest BCUT2D eigenvalue weighted by Gasteiger charge is 2.16. The number of carbonyl (C=O) groups excluding carboxylic acids is 1. The first-order chi connectivity index (χ1) is 11.7. The Morgan fingerprint density at radius 1 is 1.20 bits per heavy atom. The van der Waals surface area contributed by atoms with Crippen LogP contribution in [0.2, 0.25) is 0 Å². The van der Waals surface area contributed by atoms with Gasteiger partial charge in [0, 0.05) is 37.1 Å². The second kappa shape index (κ2) is 9.85. The lowest BCUT2D eigenvalue weighted by Crippen LogP contribution is -2.41. The minimum Gasteiger partial charge on any atom is -0.352 e. The number of carbonyl (C=O) groups is 1. The van der Waals surface area contributed by atoms with Crippen molar-refractivity contribution in [3.8, 4) is 11.1 Å². The third-order valence-electron chi connectivity index (χ3n) is 4.20. The summed E-state index contributed by atoms with van der Waals surface area (Å²) in [4.78, 5) is 12.1. The lowest BCUT2D eigenvalue weighted by atomic mass is 10.0. The van der Waals surface area contributed by atoms with Crippen LogP contribution in [-0.4, -0.2) is 30.0 Å². The summed E-state index contributed by atoms with van der Waals surface area (Å²) in [6.45, 7) is 3.69. The molecule has 1 unspecified atom stereocenters. The molecule has 0 saturated carbocycles. The predicted molar refractivity (Wildman–Crippen MR) is 109 cm³/mol. The van der Waals surface area contributed by atoms with Gasteiger partial charge in [-0.2, -0.15) is 11.8 Å². The summed E-state index contributed by atoms with van der Waals surface area (Å²) in [6, 6.07) is 17.2. The molecule has 1 fully saturated rings. The van der Waals surface area contributed by atoms with Gasteiger partial charge in [0.2, 0.25) is 5.91 Å². The lowest BCUT2D eigenvalue weighted by Gasteiger charge is -2.22. The van der Waals surface area contributed by atoms with Gasteiger partial charge in [0.1, 0.15) is 0 Å². The molecule has 2 aromatic rings. The highest BCUT2D eigenvalue weighted by atomic mass is 35.5. The smallest absolute Gasteiger partial charge is 0.221 e.